The molecule has 13 rings (SSSR count). The third-order valence-corrected chi connectivity index (χ3v) is 14.0. The summed E-state index contributed by atoms with van der Waals surface area (Å²) in [6, 6.07) is 81.6. The molecule has 0 bridgehead atoms. The fourth-order valence-corrected chi connectivity index (χ4v) is 11.0. The molecule has 0 saturated heterocycles. The molecule has 0 spiro atoms. The monoisotopic (exact) mass is 819 g/mol. The van der Waals surface area contributed by atoms with Gasteiger partial charge in [-0.15, -0.1) is 11.3 Å². The highest BCUT2D eigenvalue weighted by Gasteiger charge is 2.22. The van der Waals surface area contributed by atoms with Gasteiger partial charge in [0.05, 0.1) is 5.69 Å². The zero-order chi connectivity index (χ0) is 41.4. The minimum absolute atomic E-state index is 0.855. The zero-order valence-electron chi connectivity index (χ0n) is 34.1. The number of fused-ring (bicyclic) bond motifs is 10. The van der Waals surface area contributed by atoms with Crippen LogP contribution in [0, 0.1) is 0 Å². The quantitative estimate of drug-likeness (QED) is 0.155. The number of rotatable bonds is 6. The maximum Gasteiger partial charge on any atom is 0.159 e. The molecule has 0 aliphatic carbocycles. The van der Waals surface area contributed by atoms with Crippen molar-refractivity contribution in [1.29, 1.82) is 0 Å². The van der Waals surface area contributed by atoms with Gasteiger partial charge in [-0.05, 0) is 109 Å². The topological polar surface area (TPSA) is 16.4 Å². The Labute approximate surface area is 368 Å². The Balaban J connectivity index is 0.970. The van der Waals surface area contributed by atoms with Crippen LogP contribution in [0.2, 0.25) is 0 Å². The van der Waals surface area contributed by atoms with Crippen LogP contribution in [-0.2, 0) is 0 Å². The summed E-state index contributed by atoms with van der Waals surface area (Å²) in [5.41, 5.74) is 12.0. The average Bonchev–Trinajstić information content (AvgIpc) is 3.94. The van der Waals surface area contributed by atoms with Gasteiger partial charge in [-0.25, -0.2) is 0 Å². The van der Waals surface area contributed by atoms with Crippen molar-refractivity contribution in [3.8, 4) is 33.4 Å². The van der Waals surface area contributed by atoms with Crippen LogP contribution < -0.4 is 4.90 Å². The molecule has 0 unspecified atom stereocenters. The molecule has 0 N–H and O–H groups in total. The van der Waals surface area contributed by atoms with E-state index in [2.05, 4.69) is 229 Å². The van der Waals surface area contributed by atoms with Crippen molar-refractivity contribution < 1.29 is 4.42 Å². The van der Waals surface area contributed by atoms with Gasteiger partial charge in [0, 0.05) is 47.9 Å². The Hall–Kier alpha value is -7.98. The first-order valence-electron chi connectivity index (χ1n) is 21.5. The van der Waals surface area contributed by atoms with E-state index in [1.165, 1.54) is 74.7 Å². The summed E-state index contributed by atoms with van der Waals surface area (Å²) in [4.78, 5) is 2.36. The first kappa shape index (κ1) is 35.7. The molecular formula is C60H37NOS. The van der Waals surface area contributed by atoms with Crippen LogP contribution in [0.4, 0.5) is 17.1 Å². The second kappa shape index (κ2) is 14.3. The van der Waals surface area contributed by atoms with E-state index in [9.17, 15) is 0 Å². The maximum atomic E-state index is 7.03. The van der Waals surface area contributed by atoms with E-state index in [1.807, 2.05) is 11.3 Å². The summed E-state index contributed by atoms with van der Waals surface area (Å²) in [5, 5.41) is 12.2. The Bertz CT molecular complexity index is 3910. The van der Waals surface area contributed by atoms with Gasteiger partial charge < -0.3 is 9.32 Å². The Morgan fingerprint density at radius 3 is 1.78 bits per heavy atom. The molecule has 2 aromatic heterocycles. The largest absolute Gasteiger partial charge is 0.453 e. The summed E-state index contributed by atoms with van der Waals surface area (Å²) in [7, 11) is 0. The summed E-state index contributed by atoms with van der Waals surface area (Å²) >= 11 is 1.87. The van der Waals surface area contributed by atoms with Crippen LogP contribution in [-0.4, -0.2) is 0 Å². The lowest BCUT2D eigenvalue weighted by atomic mass is 9.95. The fourth-order valence-electron chi connectivity index (χ4n) is 9.90. The summed E-state index contributed by atoms with van der Waals surface area (Å²) in [6.45, 7) is 0. The molecule has 0 atom stereocenters. The van der Waals surface area contributed by atoms with Gasteiger partial charge >= 0.3 is 0 Å². The number of furan rings is 1. The number of hydrogen-bond acceptors (Lipinski definition) is 3. The van der Waals surface area contributed by atoms with Gasteiger partial charge in [0.15, 0.2) is 5.58 Å². The number of benzene rings is 11. The normalized spacial score (nSPS) is 11.8. The Morgan fingerprint density at radius 1 is 0.317 bits per heavy atom. The number of nitrogens with zero attached hydrogens (tertiary/aromatic N) is 1. The van der Waals surface area contributed by atoms with Crippen LogP contribution in [0.3, 0.4) is 0 Å². The first-order valence-corrected chi connectivity index (χ1v) is 22.3. The van der Waals surface area contributed by atoms with Gasteiger partial charge in [-0.3, -0.25) is 0 Å². The van der Waals surface area contributed by atoms with Gasteiger partial charge in [-0.1, -0.05) is 176 Å². The molecule has 294 valence electrons. The number of hydrogen-bond donors (Lipinski definition) is 0. The van der Waals surface area contributed by atoms with Crippen molar-refractivity contribution in [2.24, 2.45) is 0 Å². The molecule has 0 aliphatic heterocycles. The smallest absolute Gasteiger partial charge is 0.159 e. The van der Waals surface area contributed by atoms with E-state index in [0.717, 1.165) is 50.1 Å². The van der Waals surface area contributed by atoms with Gasteiger partial charge in [0.2, 0.25) is 0 Å². The molecule has 0 radical (unpaired) electrons. The summed E-state index contributed by atoms with van der Waals surface area (Å²) < 4.78 is 9.68. The van der Waals surface area contributed by atoms with Crippen LogP contribution in [0.5, 0.6) is 0 Å². The molecule has 0 amide bonds. The molecule has 13 aromatic rings. The molecule has 63 heavy (non-hydrogen) atoms. The van der Waals surface area contributed by atoms with Crippen molar-refractivity contribution in [1.82, 2.24) is 0 Å². The molecule has 0 aliphatic rings. The van der Waals surface area contributed by atoms with E-state index < -0.39 is 0 Å². The minimum Gasteiger partial charge on any atom is -0.453 e. The van der Waals surface area contributed by atoms with Gasteiger partial charge in [-0.2, -0.15) is 0 Å². The predicted octanol–water partition coefficient (Wildman–Crippen LogP) is 17.9. The van der Waals surface area contributed by atoms with E-state index in [1.54, 1.807) is 0 Å². The van der Waals surface area contributed by atoms with Crippen LogP contribution in [0.15, 0.2) is 229 Å². The second-order valence-electron chi connectivity index (χ2n) is 16.4. The first-order chi connectivity index (χ1) is 31.2. The number of thiophene rings is 1. The second-order valence-corrected chi connectivity index (χ2v) is 17.5. The third-order valence-electron chi connectivity index (χ3n) is 12.8. The highest BCUT2D eigenvalue weighted by Crippen LogP contribution is 2.46. The zero-order valence-corrected chi connectivity index (χ0v) is 34.9. The maximum absolute atomic E-state index is 7.03. The number of para-hydroxylation sites is 2. The predicted molar refractivity (Wildman–Crippen MR) is 270 cm³/mol. The lowest BCUT2D eigenvalue weighted by Crippen LogP contribution is -2.10. The van der Waals surface area contributed by atoms with Crippen molar-refractivity contribution >= 4 is 103 Å². The van der Waals surface area contributed by atoms with Gasteiger partial charge in [0.25, 0.3) is 0 Å². The van der Waals surface area contributed by atoms with Crippen molar-refractivity contribution in [3.63, 3.8) is 0 Å². The SMILES string of the molecule is c1ccc(-c2cccc3c2oc2c(N(c4ccc(-c5cccc6ccccc56)cc4)c4ccc5c(ccc6cc(-c7cccc8sc9ccccc9c78)ccc65)c4)cccc23)cc1. The highest BCUT2D eigenvalue weighted by atomic mass is 32.1. The Morgan fingerprint density at radius 2 is 0.905 bits per heavy atom. The average molecular weight is 820 g/mol. The van der Waals surface area contributed by atoms with Crippen molar-refractivity contribution in [2.75, 3.05) is 4.90 Å². The van der Waals surface area contributed by atoms with E-state index >= 15 is 0 Å². The number of anilines is 3. The van der Waals surface area contributed by atoms with Crippen LogP contribution in [0.25, 0.3) is 108 Å². The van der Waals surface area contributed by atoms with Crippen molar-refractivity contribution in [2.45, 2.75) is 0 Å². The highest BCUT2D eigenvalue weighted by molar-refractivity contribution is 7.25. The van der Waals surface area contributed by atoms with E-state index in [-0.39, 0.29) is 0 Å². The molecule has 0 saturated carbocycles. The molecule has 2 heterocycles. The molecule has 2 nitrogen and oxygen atoms in total. The summed E-state index contributed by atoms with van der Waals surface area (Å²) in [5.74, 6) is 0. The third kappa shape index (κ3) is 5.78. The lowest BCUT2D eigenvalue weighted by molar-refractivity contribution is 0.670. The van der Waals surface area contributed by atoms with Crippen molar-refractivity contribution in [3.05, 3.63) is 224 Å². The van der Waals surface area contributed by atoms with Crippen LogP contribution >= 0.6 is 11.3 Å². The fraction of sp³-hybridized carbons (Fsp3) is 0. The minimum atomic E-state index is 0.855. The van der Waals surface area contributed by atoms with E-state index in [4.69, 9.17) is 4.42 Å². The van der Waals surface area contributed by atoms with Gasteiger partial charge in [0.1, 0.15) is 5.58 Å². The summed E-state index contributed by atoms with van der Waals surface area (Å²) in [6.07, 6.45) is 0. The molecule has 0 fully saturated rings. The van der Waals surface area contributed by atoms with E-state index in [0.29, 0.717) is 0 Å². The standard InChI is InChI=1S/C60H37NOS/c1-2-12-39(13-3-1)51-20-9-21-52-53-22-10-23-55(60(53)62-59(51)52)61(44-31-28-40(29-32-44)47-18-8-15-38-14-4-5-16-46(38)47)45-33-35-49-43(37-45)27-26-41-36-42(30-34-48(41)49)50-19-11-25-57-58(50)54-17-6-7-24-56(54)63-57/h1-37H. The molecule has 3 heteroatoms. The lowest BCUT2D eigenvalue weighted by Gasteiger charge is -2.26. The Kier molecular flexibility index (Phi) is 8.12. The molecular weight excluding hydrogens is 783 g/mol. The molecule has 11 aromatic carbocycles. The van der Waals surface area contributed by atoms with Crippen LogP contribution in [0.1, 0.15) is 0 Å².